The molecule has 0 amide bonds. The fourth-order valence-electron chi connectivity index (χ4n) is 2.71. The van der Waals surface area contributed by atoms with E-state index >= 15 is 0 Å². The molecule has 0 saturated carbocycles. The smallest absolute Gasteiger partial charge is 0.166 e. The van der Waals surface area contributed by atoms with Gasteiger partial charge in [-0.1, -0.05) is 47.5 Å². The summed E-state index contributed by atoms with van der Waals surface area (Å²) in [5.41, 5.74) is 3.43. The van der Waals surface area contributed by atoms with Crippen LogP contribution < -0.4 is 14.8 Å². The van der Waals surface area contributed by atoms with Gasteiger partial charge in [-0.05, 0) is 37.3 Å². The van der Waals surface area contributed by atoms with E-state index < -0.39 is 5.82 Å². The van der Waals surface area contributed by atoms with Crippen LogP contribution >= 0.6 is 11.6 Å². The van der Waals surface area contributed by atoms with Gasteiger partial charge in [-0.2, -0.15) is 0 Å². The van der Waals surface area contributed by atoms with E-state index in [0.29, 0.717) is 28.6 Å². The fraction of sp³-hybridized carbons (Fsp3) is 0.182. The maximum atomic E-state index is 14.0. The monoisotopic (exact) mass is 385 g/mol. The van der Waals surface area contributed by atoms with Gasteiger partial charge in [0, 0.05) is 23.4 Å². The van der Waals surface area contributed by atoms with Crippen LogP contribution in [0.3, 0.4) is 0 Å². The van der Waals surface area contributed by atoms with E-state index in [1.807, 2.05) is 49.4 Å². The van der Waals surface area contributed by atoms with Gasteiger partial charge in [0.1, 0.15) is 12.4 Å². The van der Waals surface area contributed by atoms with Gasteiger partial charge in [-0.25, -0.2) is 4.39 Å². The molecular formula is C22H21ClFNO2. The molecule has 3 rings (SSSR count). The van der Waals surface area contributed by atoms with Crippen molar-refractivity contribution in [3.05, 3.63) is 88.2 Å². The van der Waals surface area contributed by atoms with Crippen LogP contribution in [0.25, 0.3) is 0 Å². The molecule has 0 heterocycles. The number of rotatable bonds is 7. The second kappa shape index (κ2) is 8.78. The molecule has 0 aliphatic carbocycles. The van der Waals surface area contributed by atoms with Crippen LogP contribution in [0.5, 0.6) is 11.5 Å². The third-order valence-electron chi connectivity index (χ3n) is 4.24. The Morgan fingerprint density at radius 1 is 1.00 bits per heavy atom. The molecule has 5 heteroatoms. The van der Waals surface area contributed by atoms with Crippen LogP contribution in [0.1, 0.15) is 16.7 Å². The van der Waals surface area contributed by atoms with Crippen molar-refractivity contribution < 1.29 is 13.9 Å². The number of anilines is 1. The lowest BCUT2D eigenvalue weighted by Crippen LogP contribution is -2.06. The maximum absolute atomic E-state index is 14.0. The van der Waals surface area contributed by atoms with Crippen LogP contribution in [-0.2, 0) is 13.2 Å². The van der Waals surface area contributed by atoms with Gasteiger partial charge in [-0.15, -0.1) is 0 Å². The number of benzene rings is 3. The van der Waals surface area contributed by atoms with Gasteiger partial charge < -0.3 is 14.8 Å². The van der Waals surface area contributed by atoms with Crippen molar-refractivity contribution in [1.82, 2.24) is 0 Å². The molecule has 140 valence electrons. The molecule has 0 atom stereocenters. The lowest BCUT2D eigenvalue weighted by Gasteiger charge is -2.17. The molecule has 3 nitrogen and oxygen atoms in total. The maximum Gasteiger partial charge on any atom is 0.166 e. The molecule has 1 N–H and O–H groups in total. The van der Waals surface area contributed by atoms with Gasteiger partial charge in [-0.3, -0.25) is 0 Å². The molecule has 3 aromatic rings. The summed E-state index contributed by atoms with van der Waals surface area (Å²) >= 11 is 6.10. The largest absolute Gasteiger partial charge is 0.493 e. The number of ether oxygens (including phenoxy) is 2. The number of hydrogen-bond acceptors (Lipinski definition) is 3. The third kappa shape index (κ3) is 4.72. The molecule has 3 aromatic carbocycles. The highest BCUT2D eigenvalue weighted by molar-refractivity contribution is 6.31. The van der Waals surface area contributed by atoms with Gasteiger partial charge in [0.15, 0.2) is 11.5 Å². The van der Waals surface area contributed by atoms with Crippen LogP contribution in [0.2, 0.25) is 5.02 Å². The Kier molecular flexibility index (Phi) is 6.20. The third-order valence-corrected chi connectivity index (χ3v) is 4.59. The molecular weight excluding hydrogens is 365 g/mol. The van der Waals surface area contributed by atoms with Crippen molar-refractivity contribution >= 4 is 17.3 Å². The number of aryl methyl sites for hydroxylation is 1. The van der Waals surface area contributed by atoms with Gasteiger partial charge in [0.05, 0.1) is 12.1 Å². The molecule has 0 radical (unpaired) electrons. The zero-order valence-corrected chi connectivity index (χ0v) is 16.0. The number of methoxy groups -OCH3 is 1. The lowest BCUT2D eigenvalue weighted by atomic mass is 10.1. The van der Waals surface area contributed by atoms with Crippen molar-refractivity contribution in [2.24, 2.45) is 0 Å². The normalized spacial score (nSPS) is 10.5. The summed E-state index contributed by atoms with van der Waals surface area (Å²) < 4.78 is 25.4. The first-order valence-corrected chi connectivity index (χ1v) is 8.98. The first-order chi connectivity index (χ1) is 13.1. The van der Waals surface area contributed by atoms with Crippen molar-refractivity contribution in [2.45, 2.75) is 20.1 Å². The highest BCUT2D eigenvalue weighted by Gasteiger charge is 2.14. The number of hydrogen-bond donors (Lipinski definition) is 1. The molecule has 0 fully saturated rings. The summed E-state index contributed by atoms with van der Waals surface area (Å²) in [7, 11) is 1.58. The predicted molar refractivity (Wildman–Crippen MR) is 107 cm³/mol. The number of halogens is 2. The van der Waals surface area contributed by atoms with E-state index in [0.717, 1.165) is 11.3 Å². The standard InChI is InChI=1S/C22H21ClFNO2/c1-15-9-11-17(12-10-15)25-13-16-5-3-8-21(26-2)22(16)27-14-18-19(23)6-4-7-20(18)24/h3-12,25H,13-14H2,1-2H3. The molecule has 0 saturated heterocycles. The average Bonchev–Trinajstić information content (AvgIpc) is 2.67. The zero-order chi connectivity index (χ0) is 19.2. The second-order valence-electron chi connectivity index (χ2n) is 6.16. The number of nitrogens with one attached hydrogen (secondary N) is 1. The summed E-state index contributed by atoms with van der Waals surface area (Å²) in [5.74, 6) is 0.765. The highest BCUT2D eigenvalue weighted by Crippen LogP contribution is 2.33. The minimum atomic E-state index is -0.392. The van der Waals surface area contributed by atoms with E-state index in [4.69, 9.17) is 21.1 Å². The molecule has 0 spiro atoms. The SMILES string of the molecule is COc1cccc(CNc2ccc(C)cc2)c1OCc1c(F)cccc1Cl. The molecule has 0 unspecified atom stereocenters. The molecule has 0 bridgehead atoms. The van der Waals surface area contributed by atoms with Gasteiger partial charge >= 0.3 is 0 Å². The number of para-hydroxylation sites is 1. The van der Waals surface area contributed by atoms with Crippen LogP contribution in [0, 0.1) is 12.7 Å². The van der Waals surface area contributed by atoms with Crippen LogP contribution in [0.4, 0.5) is 10.1 Å². The quantitative estimate of drug-likeness (QED) is 0.542. The molecule has 27 heavy (non-hydrogen) atoms. The van der Waals surface area contributed by atoms with E-state index in [1.54, 1.807) is 19.2 Å². The zero-order valence-electron chi connectivity index (χ0n) is 15.3. The summed E-state index contributed by atoms with van der Waals surface area (Å²) in [4.78, 5) is 0. The average molecular weight is 386 g/mol. The van der Waals surface area contributed by atoms with Crippen molar-refractivity contribution in [2.75, 3.05) is 12.4 Å². The minimum Gasteiger partial charge on any atom is -0.493 e. The van der Waals surface area contributed by atoms with Gasteiger partial charge in [0.2, 0.25) is 0 Å². The molecule has 0 aliphatic heterocycles. The Morgan fingerprint density at radius 3 is 2.44 bits per heavy atom. The highest BCUT2D eigenvalue weighted by atomic mass is 35.5. The van der Waals surface area contributed by atoms with E-state index in [9.17, 15) is 4.39 Å². The molecule has 0 aromatic heterocycles. The van der Waals surface area contributed by atoms with Crippen LogP contribution in [0.15, 0.2) is 60.7 Å². The fourth-order valence-corrected chi connectivity index (χ4v) is 2.93. The van der Waals surface area contributed by atoms with Gasteiger partial charge in [0.25, 0.3) is 0 Å². The summed E-state index contributed by atoms with van der Waals surface area (Å²) in [5, 5.41) is 3.70. The first-order valence-electron chi connectivity index (χ1n) is 8.60. The second-order valence-corrected chi connectivity index (χ2v) is 6.56. The Labute approximate surface area is 163 Å². The summed E-state index contributed by atoms with van der Waals surface area (Å²) in [6.45, 7) is 2.61. The lowest BCUT2D eigenvalue weighted by molar-refractivity contribution is 0.277. The summed E-state index contributed by atoms with van der Waals surface area (Å²) in [6.07, 6.45) is 0. The van der Waals surface area contributed by atoms with Crippen molar-refractivity contribution in [3.63, 3.8) is 0 Å². The van der Waals surface area contributed by atoms with Crippen LogP contribution in [-0.4, -0.2) is 7.11 Å². The first kappa shape index (κ1) is 19.1. The Morgan fingerprint density at radius 2 is 1.74 bits per heavy atom. The van der Waals surface area contributed by atoms with Crippen molar-refractivity contribution in [1.29, 1.82) is 0 Å². The Bertz CT molecular complexity index is 892. The molecule has 0 aliphatic rings. The van der Waals surface area contributed by atoms with Crippen molar-refractivity contribution in [3.8, 4) is 11.5 Å². The van der Waals surface area contributed by atoms with E-state index in [-0.39, 0.29) is 6.61 Å². The topological polar surface area (TPSA) is 30.5 Å². The Hall–Kier alpha value is -2.72. The van der Waals surface area contributed by atoms with E-state index in [1.165, 1.54) is 11.6 Å². The van der Waals surface area contributed by atoms with E-state index in [2.05, 4.69) is 5.32 Å². The Balaban J connectivity index is 1.79. The predicted octanol–water partition coefficient (Wildman–Crippen LogP) is 5.99. The minimum absolute atomic E-state index is 0.0173. The summed E-state index contributed by atoms with van der Waals surface area (Å²) in [6, 6.07) is 18.4.